The Labute approximate surface area is 350 Å². The molecule has 8 aromatic carbocycles. The molecule has 13 aromatic rings. The quantitative estimate of drug-likeness (QED) is 0.174. The molecule has 5 aromatic heterocycles. The van der Waals surface area contributed by atoms with Gasteiger partial charge in [0.05, 0.1) is 38.0 Å². The highest BCUT2D eigenvalue weighted by Crippen LogP contribution is 2.44. The van der Waals surface area contributed by atoms with E-state index in [0.717, 1.165) is 71.1 Å². The Hall–Kier alpha value is -7.52. The monoisotopic (exact) mass is 802 g/mol. The van der Waals surface area contributed by atoms with E-state index in [9.17, 15) is 0 Å². The lowest BCUT2D eigenvalue weighted by Gasteiger charge is -2.15. The highest BCUT2D eigenvalue weighted by atomic mass is 32.1. The van der Waals surface area contributed by atoms with E-state index in [4.69, 9.17) is 19.9 Å². The van der Waals surface area contributed by atoms with Gasteiger partial charge in [-0.3, -0.25) is 4.57 Å². The molecule has 13 rings (SSSR count). The lowest BCUT2D eigenvalue weighted by atomic mass is 10.1. The molecule has 0 saturated heterocycles. The standard InChI is InChI=1S/C52H30N6S2/c1-2-14-31(15-3-1)49-54-50(32-26-27-36-35-18-7-12-24-44(35)59-46(36)30-32)56-52(55-49)58-42-22-10-5-17-34(42)38-29-28-37-33-16-4-9-21-41(33)57(47(37)48(38)58)43-23-11-6-19-39(43)51-53-40-20-8-13-25-45(40)60-51/h1-30H. The lowest BCUT2D eigenvalue weighted by molar-refractivity contribution is 0.953. The fourth-order valence-electron chi connectivity index (χ4n) is 8.97. The topological polar surface area (TPSA) is 61.4 Å². The lowest BCUT2D eigenvalue weighted by Crippen LogP contribution is -2.07. The number of rotatable bonds is 5. The first kappa shape index (κ1) is 33.5. The van der Waals surface area contributed by atoms with Gasteiger partial charge in [0.25, 0.3) is 0 Å². The summed E-state index contributed by atoms with van der Waals surface area (Å²) in [7, 11) is 0. The van der Waals surface area contributed by atoms with Crippen molar-refractivity contribution in [2.24, 2.45) is 0 Å². The van der Waals surface area contributed by atoms with Crippen LogP contribution in [0.25, 0.3) is 119 Å². The number of fused-ring (bicyclic) bond motifs is 11. The van der Waals surface area contributed by atoms with E-state index < -0.39 is 0 Å². The zero-order chi connectivity index (χ0) is 39.3. The van der Waals surface area contributed by atoms with Gasteiger partial charge in [0.1, 0.15) is 5.01 Å². The molecule has 0 aliphatic carbocycles. The number of nitrogens with zero attached hydrogens (tertiary/aromatic N) is 6. The molecule has 0 bridgehead atoms. The first-order valence-corrected chi connectivity index (χ1v) is 21.5. The van der Waals surface area contributed by atoms with Crippen LogP contribution in [0.4, 0.5) is 0 Å². The molecule has 0 saturated carbocycles. The van der Waals surface area contributed by atoms with Gasteiger partial charge in [-0.05, 0) is 48.5 Å². The molecule has 0 radical (unpaired) electrons. The highest BCUT2D eigenvalue weighted by Gasteiger charge is 2.25. The summed E-state index contributed by atoms with van der Waals surface area (Å²) in [5.74, 6) is 1.80. The van der Waals surface area contributed by atoms with Crippen molar-refractivity contribution in [3.63, 3.8) is 0 Å². The third-order valence-electron chi connectivity index (χ3n) is 11.6. The Morgan fingerprint density at radius 2 is 0.950 bits per heavy atom. The first-order valence-electron chi connectivity index (χ1n) is 19.9. The van der Waals surface area contributed by atoms with E-state index in [-0.39, 0.29) is 0 Å². The maximum Gasteiger partial charge on any atom is 0.238 e. The molecule has 5 heterocycles. The largest absolute Gasteiger partial charge is 0.306 e. The van der Waals surface area contributed by atoms with E-state index >= 15 is 0 Å². The second-order valence-corrected chi connectivity index (χ2v) is 17.1. The predicted molar refractivity (Wildman–Crippen MR) is 251 cm³/mol. The van der Waals surface area contributed by atoms with Crippen molar-refractivity contribution in [3.05, 3.63) is 182 Å². The highest BCUT2D eigenvalue weighted by molar-refractivity contribution is 7.25. The maximum atomic E-state index is 5.41. The van der Waals surface area contributed by atoms with Gasteiger partial charge in [-0.15, -0.1) is 22.7 Å². The molecule has 0 atom stereocenters. The van der Waals surface area contributed by atoms with Gasteiger partial charge in [-0.25, -0.2) is 9.97 Å². The minimum atomic E-state index is 0.560. The molecule has 0 aliphatic rings. The first-order chi connectivity index (χ1) is 29.7. The summed E-state index contributed by atoms with van der Waals surface area (Å²) in [5, 5.41) is 8.04. The average Bonchev–Trinajstić information content (AvgIpc) is 4.08. The number of benzene rings is 8. The molecular weight excluding hydrogens is 773 g/mol. The minimum absolute atomic E-state index is 0.560. The SMILES string of the molecule is c1ccc(-c2nc(-c3ccc4c(c3)sc3ccccc34)nc(-n3c4ccccc4c4ccc5c6ccccc6n(-c6ccccc6-c6nc7ccccc7s6)c5c43)n2)cc1. The number of thiazole rings is 1. The molecule has 0 aliphatic heterocycles. The van der Waals surface area contributed by atoms with Crippen molar-refractivity contribution < 1.29 is 0 Å². The van der Waals surface area contributed by atoms with Gasteiger partial charge in [-0.1, -0.05) is 133 Å². The molecule has 8 heteroatoms. The Kier molecular flexibility index (Phi) is 7.24. The summed E-state index contributed by atoms with van der Waals surface area (Å²) >= 11 is 3.52. The van der Waals surface area contributed by atoms with Crippen LogP contribution in [-0.4, -0.2) is 29.1 Å². The fourth-order valence-corrected chi connectivity index (χ4v) is 11.1. The zero-order valence-electron chi connectivity index (χ0n) is 31.8. The molecule has 0 N–H and O–H groups in total. The Balaban J connectivity index is 1.14. The third-order valence-corrected chi connectivity index (χ3v) is 13.8. The molecule has 60 heavy (non-hydrogen) atoms. The van der Waals surface area contributed by atoms with Crippen molar-refractivity contribution in [3.8, 4) is 45.0 Å². The summed E-state index contributed by atoms with van der Waals surface area (Å²) in [6.45, 7) is 0. The van der Waals surface area contributed by atoms with E-state index in [1.165, 1.54) is 30.3 Å². The van der Waals surface area contributed by atoms with Gasteiger partial charge in [-0.2, -0.15) is 9.97 Å². The van der Waals surface area contributed by atoms with Crippen LogP contribution in [0.15, 0.2) is 182 Å². The third kappa shape index (κ3) is 4.98. The summed E-state index contributed by atoms with van der Waals surface area (Å²) in [6.07, 6.45) is 0. The summed E-state index contributed by atoms with van der Waals surface area (Å²) in [4.78, 5) is 21.1. The van der Waals surface area contributed by atoms with Crippen LogP contribution >= 0.6 is 22.7 Å². The number of thiophene rings is 1. The Morgan fingerprint density at radius 1 is 0.367 bits per heavy atom. The molecule has 0 unspecified atom stereocenters. The Morgan fingerprint density at radius 3 is 1.73 bits per heavy atom. The molecular formula is C52H30N6S2. The molecule has 0 fully saturated rings. The van der Waals surface area contributed by atoms with E-state index in [1.54, 1.807) is 22.7 Å². The molecule has 280 valence electrons. The van der Waals surface area contributed by atoms with E-state index in [2.05, 4.69) is 173 Å². The van der Waals surface area contributed by atoms with Gasteiger partial charge >= 0.3 is 0 Å². The van der Waals surface area contributed by atoms with Crippen molar-refractivity contribution in [2.45, 2.75) is 0 Å². The van der Waals surface area contributed by atoms with Gasteiger partial charge in [0.2, 0.25) is 5.95 Å². The van der Waals surface area contributed by atoms with Crippen molar-refractivity contribution in [1.29, 1.82) is 0 Å². The summed E-state index contributed by atoms with van der Waals surface area (Å²) in [5.41, 5.74) is 9.25. The number of aromatic nitrogens is 6. The fraction of sp³-hybridized carbons (Fsp3) is 0. The van der Waals surface area contributed by atoms with Crippen LogP contribution in [0.1, 0.15) is 0 Å². The second kappa shape index (κ2) is 13.0. The predicted octanol–water partition coefficient (Wildman–Crippen LogP) is 14.0. The number of para-hydroxylation sites is 4. The van der Waals surface area contributed by atoms with Gasteiger partial charge < -0.3 is 4.57 Å². The van der Waals surface area contributed by atoms with Crippen LogP contribution in [0.2, 0.25) is 0 Å². The van der Waals surface area contributed by atoms with Crippen LogP contribution in [0, 0.1) is 0 Å². The van der Waals surface area contributed by atoms with Crippen LogP contribution in [0.5, 0.6) is 0 Å². The van der Waals surface area contributed by atoms with Crippen LogP contribution in [0.3, 0.4) is 0 Å². The van der Waals surface area contributed by atoms with E-state index in [1.807, 2.05) is 18.2 Å². The van der Waals surface area contributed by atoms with Crippen LogP contribution in [-0.2, 0) is 0 Å². The van der Waals surface area contributed by atoms with Crippen molar-refractivity contribution in [2.75, 3.05) is 0 Å². The summed E-state index contributed by atoms with van der Waals surface area (Å²) < 4.78 is 8.32. The second-order valence-electron chi connectivity index (χ2n) is 15.0. The normalized spacial score (nSPS) is 12.0. The minimum Gasteiger partial charge on any atom is -0.306 e. The Bertz CT molecular complexity index is 3820. The zero-order valence-corrected chi connectivity index (χ0v) is 33.5. The number of hydrogen-bond donors (Lipinski definition) is 0. The molecule has 0 spiro atoms. The van der Waals surface area contributed by atoms with Crippen LogP contribution < -0.4 is 0 Å². The molecule has 0 amide bonds. The van der Waals surface area contributed by atoms with E-state index in [0.29, 0.717) is 17.6 Å². The summed E-state index contributed by atoms with van der Waals surface area (Å²) in [6, 6.07) is 64.3. The van der Waals surface area contributed by atoms with Gasteiger partial charge in [0.15, 0.2) is 11.6 Å². The average molecular weight is 803 g/mol. The smallest absolute Gasteiger partial charge is 0.238 e. The van der Waals surface area contributed by atoms with Crippen molar-refractivity contribution in [1.82, 2.24) is 29.1 Å². The number of hydrogen-bond acceptors (Lipinski definition) is 6. The maximum absolute atomic E-state index is 5.41. The molecule has 6 nitrogen and oxygen atoms in total. The van der Waals surface area contributed by atoms with Gasteiger partial charge in [0, 0.05) is 58.4 Å². The van der Waals surface area contributed by atoms with Crippen molar-refractivity contribution >= 4 is 96.7 Å².